The number of carboxylic acid groups (broad SMARTS) is 1. The van der Waals surface area contributed by atoms with Crippen molar-refractivity contribution in [1.82, 2.24) is 0 Å². The topological polar surface area (TPSA) is 54.4 Å². The van der Waals surface area contributed by atoms with Gasteiger partial charge in [-0.15, -0.1) is 0 Å². The van der Waals surface area contributed by atoms with Gasteiger partial charge in [0.05, 0.1) is 10.0 Å². The van der Waals surface area contributed by atoms with Crippen LogP contribution in [0.4, 0.5) is 0 Å². The summed E-state index contributed by atoms with van der Waals surface area (Å²) < 4.78 is 0. The molecule has 1 unspecified atom stereocenters. The van der Waals surface area contributed by atoms with Gasteiger partial charge in [0.1, 0.15) is 0 Å². The van der Waals surface area contributed by atoms with Crippen LogP contribution in [0, 0.1) is 11.3 Å². The van der Waals surface area contributed by atoms with Gasteiger partial charge in [-0.3, -0.25) is 9.59 Å². The Labute approximate surface area is 165 Å². The number of ketones is 1. The Morgan fingerprint density at radius 2 is 1.96 bits per heavy atom. The number of carboxylic acids is 1. The summed E-state index contributed by atoms with van der Waals surface area (Å²) >= 11 is 12.9. The molecule has 1 aromatic carbocycles. The van der Waals surface area contributed by atoms with E-state index in [2.05, 4.69) is 6.92 Å². The summed E-state index contributed by atoms with van der Waals surface area (Å²) in [6, 6.07) is 1.94. The summed E-state index contributed by atoms with van der Waals surface area (Å²) in [4.78, 5) is 24.4. The van der Waals surface area contributed by atoms with Crippen LogP contribution >= 0.6 is 23.2 Å². The molecule has 5 heteroatoms. The lowest BCUT2D eigenvalue weighted by Gasteiger charge is -2.34. The fraction of sp³-hybridized carbons (Fsp3) is 0.619. The van der Waals surface area contributed by atoms with Crippen molar-refractivity contribution < 1.29 is 14.7 Å². The summed E-state index contributed by atoms with van der Waals surface area (Å²) in [6.45, 7) is 2.16. The molecule has 142 valence electrons. The van der Waals surface area contributed by atoms with Crippen molar-refractivity contribution in [1.29, 1.82) is 0 Å². The number of rotatable bonds is 7. The van der Waals surface area contributed by atoms with E-state index in [1.54, 1.807) is 0 Å². The minimum atomic E-state index is -0.864. The number of hydrogen-bond acceptors (Lipinski definition) is 2. The van der Waals surface area contributed by atoms with Crippen LogP contribution in [-0.2, 0) is 17.6 Å². The molecule has 3 rings (SSSR count). The zero-order valence-corrected chi connectivity index (χ0v) is 16.8. The Morgan fingerprint density at radius 3 is 2.58 bits per heavy atom. The number of fused-ring (bicyclic) bond motifs is 1. The highest BCUT2D eigenvalue weighted by Gasteiger charge is 2.51. The van der Waals surface area contributed by atoms with Gasteiger partial charge in [0, 0.05) is 17.4 Å². The van der Waals surface area contributed by atoms with Crippen LogP contribution in [0.1, 0.15) is 79.8 Å². The monoisotopic (exact) mass is 396 g/mol. The van der Waals surface area contributed by atoms with Gasteiger partial charge in [0.15, 0.2) is 5.78 Å². The first-order valence-corrected chi connectivity index (χ1v) is 10.4. The highest BCUT2D eigenvalue weighted by molar-refractivity contribution is 6.45. The fourth-order valence-corrected chi connectivity index (χ4v) is 5.49. The van der Waals surface area contributed by atoms with Crippen molar-refractivity contribution in [2.45, 2.75) is 71.1 Å². The van der Waals surface area contributed by atoms with Crippen molar-refractivity contribution in [3.05, 3.63) is 32.8 Å². The second-order valence-corrected chi connectivity index (χ2v) is 8.59. The maximum atomic E-state index is 13.5. The van der Waals surface area contributed by atoms with E-state index in [-0.39, 0.29) is 17.6 Å². The minimum absolute atomic E-state index is 0.00633. The summed E-state index contributed by atoms with van der Waals surface area (Å²) in [7, 11) is 0. The minimum Gasteiger partial charge on any atom is -0.481 e. The van der Waals surface area contributed by atoms with Gasteiger partial charge in [0.2, 0.25) is 0 Å². The SMILES string of the molecule is CCCCC1(C2CCCC2)Cc2cc(CCC(=O)O)c(Cl)c(Cl)c2C1=O. The van der Waals surface area contributed by atoms with Crippen LogP contribution < -0.4 is 0 Å². The molecule has 0 aliphatic heterocycles. The van der Waals surface area contributed by atoms with Gasteiger partial charge >= 0.3 is 5.97 Å². The number of carbonyl (C=O) groups is 2. The molecule has 0 spiro atoms. The van der Waals surface area contributed by atoms with E-state index in [0.29, 0.717) is 27.9 Å². The Hall–Kier alpha value is -1.06. The number of aryl methyl sites for hydroxylation is 1. The van der Waals surface area contributed by atoms with Crippen molar-refractivity contribution in [3.63, 3.8) is 0 Å². The van der Waals surface area contributed by atoms with Crippen LogP contribution in [0.2, 0.25) is 10.0 Å². The first-order valence-electron chi connectivity index (χ1n) is 9.67. The number of Topliss-reactive ketones (excluding diaryl/α,β-unsaturated/α-hetero) is 1. The molecule has 1 saturated carbocycles. The third-order valence-electron chi connectivity index (χ3n) is 6.27. The van der Waals surface area contributed by atoms with Crippen LogP contribution in [-0.4, -0.2) is 16.9 Å². The number of aliphatic carboxylic acids is 1. The second-order valence-electron chi connectivity index (χ2n) is 7.84. The quantitative estimate of drug-likeness (QED) is 0.603. The largest absolute Gasteiger partial charge is 0.481 e. The molecule has 0 radical (unpaired) electrons. The van der Waals surface area contributed by atoms with E-state index in [0.717, 1.165) is 49.7 Å². The fourth-order valence-electron chi connectivity index (χ4n) is 4.92. The maximum Gasteiger partial charge on any atom is 0.303 e. The van der Waals surface area contributed by atoms with Gasteiger partial charge in [-0.2, -0.15) is 0 Å². The van der Waals surface area contributed by atoms with Crippen molar-refractivity contribution >= 4 is 35.0 Å². The first kappa shape index (κ1) is 19.7. The van der Waals surface area contributed by atoms with E-state index in [1.165, 1.54) is 12.8 Å². The number of carbonyl (C=O) groups excluding carboxylic acids is 1. The van der Waals surface area contributed by atoms with E-state index in [4.69, 9.17) is 28.3 Å². The van der Waals surface area contributed by atoms with Gasteiger partial charge in [-0.1, -0.05) is 61.9 Å². The van der Waals surface area contributed by atoms with Crippen LogP contribution in [0.15, 0.2) is 6.07 Å². The Bertz CT molecular complexity index is 722. The summed E-state index contributed by atoms with van der Waals surface area (Å²) in [5, 5.41) is 9.63. The van der Waals surface area contributed by atoms with Gasteiger partial charge < -0.3 is 5.11 Å². The lowest BCUT2D eigenvalue weighted by atomic mass is 9.68. The molecule has 1 N–H and O–H groups in total. The summed E-state index contributed by atoms with van der Waals surface area (Å²) in [6.07, 6.45) is 8.68. The van der Waals surface area contributed by atoms with Crippen molar-refractivity contribution in [2.75, 3.05) is 0 Å². The molecule has 1 atom stereocenters. The number of hydrogen-bond donors (Lipinski definition) is 1. The molecule has 0 aromatic heterocycles. The summed E-state index contributed by atoms with van der Waals surface area (Å²) in [5.41, 5.74) is 1.96. The normalized spacial score (nSPS) is 22.8. The van der Waals surface area contributed by atoms with E-state index >= 15 is 0 Å². The maximum absolute atomic E-state index is 13.5. The molecule has 2 aliphatic carbocycles. The van der Waals surface area contributed by atoms with Gasteiger partial charge in [-0.05, 0) is 49.1 Å². The van der Waals surface area contributed by atoms with Crippen LogP contribution in [0.3, 0.4) is 0 Å². The molecular formula is C21H26Cl2O3. The zero-order valence-electron chi connectivity index (χ0n) is 15.2. The highest BCUT2D eigenvalue weighted by atomic mass is 35.5. The number of unbranched alkanes of at least 4 members (excludes halogenated alkanes) is 1. The van der Waals surface area contributed by atoms with E-state index < -0.39 is 5.97 Å². The third kappa shape index (κ3) is 3.41. The molecule has 2 aliphatic rings. The Balaban J connectivity index is 2.00. The lowest BCUT2D eigenvalue weighted by molar-refractivity contribution is -0.136. The number of benzene rings is 1. The van der Waals surface area contributed by atoms with Crippen LogP contribution in [0.25, 0.3) is 0 Å². The van der Waals surface area contributed by atoms with Crippen LogP contribution in [0.5, 0.6) is 0 Å². The van der Waals surface area contributed by atoms with Gasteiger partial charge in [-0.25, -0.2) is 0 Å². The molecule has 1 aromatic rings. The second kappa shape index (κ2) is 7.90. The zero-order chi connectivity index (χ0) is 18.9. The molecular weight excluding hydrogens is 371 g/mol. The Kier molecular flexibility index (Phi) is 5.98. The predicted molar refractivity (Wildman–Crippen MR) is 104 cm³/mol. The summed E-state index contributed by atoms with van der Waals surface area (Å²) in [5.74, 6) is -0.271. The average molecular weight is 397 g/mol. The highest BCUT2D eigenvalue weighted by Crippen LogP contribution is 2.54. The predicted octanol–water partition coefficient (Wildman–Crippen LogP) is 6.12. The molecule has 0 heterocycles. The van der Waals surface area contributed by atoms with E-state index in [1.807, 2.05) is 6.07 Å². The smallest absolute Gasteiger partial charge is 0.303 e. The van der Waals surface area contributed by atoms with Crippen molar-refractivity contribution in [2.24, 2.45) is 11.3 Å². The first-order chi connectivity index (χ1) is 12.4. The molecule has 3 nitrogen and oxygen atoms in total. The molecule has 26 heavy (non-hydrogen) atoms. The lowest BCUT2D eigenvalue weighted by Crippen LogP contribution is -2.35. The van der Waals surface area contributed by atoms with E-state index in [9.17, 15) is 9.59 Å². The Morgan fingerprint density at radius 1 is 1.27 bits per heavy atom. The number of halogens is 2. The molecule has 1 fully saturated rings. The standard InChI is InChI=1S/C21H26Cl2O3/c1-2-3-10-21(15-6-4-5-7-15)12-14-11-13(8-9-16(24)25)18(22)19(23)17(14)20(21)26/h11,15H,2-10,12H2,1H3,(H,24,25). The average Bonchev–Trinajstić information content (AvgIpc) is 3.23. The third-order valence-corrected chi connectivity index (χ3v) is 7.18. The molecule has 0 saturated heterocycles. The van der Waals surface area contributed by atoms with Gasteiger partial charge in [0.25, 0.3) is 0 Å². The molecule has 0 bridgehead atoms. The molecule has 0 amide bonds. The van der Waals surface area contributed by atoms with Crippen molar-refractivity contribution in [3.8, 4) is 0 Å².